The SMILES string of the molecule is CCN(CCCCC(=O)O)C(=O)C(C)(CC)CNC(=O)OCC1c2ccccc2-c2ccccc21. The predicted molar refractivity (Wildman–Crippen MR) is 135 cm³/mol. The van der Waals surface area contributed by atoms with Crippen LogP contribution >= 0.6 is 0 Å². The Balaban J connectivity index is 1.56. The fraction of sp³-hybridized carbons (Fsp3) is 0.464. The fourth-order valence-electron chi connectivity index (χ4n) is 4.63. The molecule has 0 aliphatic heterocycles. The second kappa shape index (κ2) is 11.9. The number of carboxylic acids is 1. The zero-order valence-electron chi connectivity index (χ0n) is 20.9. The summed E-state index contributed by atoms with van der Waals surface area (Å²) in [7, 11) is 0. The second-order valence-electron chi connectivity index (χ2n) is 9.33. The van der Waals surface area contributed by atoms with E-state index in [2.05, 4.69) is 29.6 Å². The third-order valence-electron chi connectivity index (χ3n) is 7.00. The van der Waals surface area contributed by atoms with Crippen LogP contribution in [0.4, 0.5) is 4.79 Å². The summed E-state index contributed by atoms with van der Waals surface area (Å²) >= 11 is 0. The molecular formula is C28H36N2O5. The third kappa shape index (κ3) is 6.21. The number of ether oxygens (including phenoxy) is 1. The summed E-state index contributed by atoms with van der Waals surface area (Å²) in [6, 6.07) is 16.4. The van der Waals surface area contributed by atoms with E-state index in [1.54, 1.807) is 4.90 Å². The van der Waals surface area contributed by atoms with E-state index in [0.29, 0.717) is 32.4 Å². The van der Waals surface area contributed by atoms with Gasteiger partial charge in [0.1, 0.15) is 6.61 Å². The number of hydrogen-bond acceptors (Lipinski definition) is 4. The van der Waals surface area contributed by atoms with E-state index < -0.39 is 17.5 Å². The summed E-state index contributed by atoms with van der Waals surface area (Å²) in [5.41, 5.74) is 3.87. The van der Waals surface area contributed by atoms with Crippen LogP contribution < -0.4 is 5.32 Å². The highest BCUT2D eigenvalue weighted by atomic mass is 16.5. The predicted octanol–water partition coefficient (Wildman–Crippen LogP) is 5.04. The Morgan fingerprint density at radius 1 is 1.00 bits per heavy atom. The quantitative estimate of drug-likeness (QED) is 0.415. The Kier molecular flexibility index (Phi) is 8.90. The van der Waals surface area contributed by atoms with Crippen LogP contribution in [0.5, 0.6) is 0 Å². The minimum atomic E-state index is -0.829. The lowest BCUT2D eigenvalue weighted by molar-refractivity contribution is -0.141. The Bertz CT molecular complexity index is 1010. The maximum Gasteiger partial charge on any atom is 0.407 e. The zero-order valence-corrected chi connectivity index (χ0v) is 20.9. The molecule has 1 unspecified atom stereocenters. The van der Waals surface area contributed by atoms with Gasteiger partial charge in [0.25, 0.3) is 0 Å². The van der Waals surface area contributed by atoms with Gasteiger partial charge in [-0.05, 0) is 55.4 Å². The Morgan fingerprint density at radius 2 is 1.60 bits per heavy atom. The Labute approximate surface area is 207 Å². The molecule has 0 heterocycles. The summed E-state index contributed by atoms with van der Waals surface area (Å²) in [6.45, 7) is 7.11. The largest absolute Gasteiger partial charge is 0.481 e. The minimum absolute atomic E-state index is 0.0197. The summed E-state index contributed by atoms with van der Waals surface area (Å²) in [5, 5.41) is 11.6. The van der Waals surface area contributed by atoms with E-state index in [9.17, 15) is 14.4 Å². The van der Waals surface area contributed by atoms with Crippen LogP contribution in [0.15, 0.2) is 48.5 Å². The van der Waals surface area contributed by atoms with Crippen LogP contribution in [0.3, 0.4) is 0 Å². The highest BCUT2D eigenvalue weighted by Crippen LogP contribution is 2.44. The van der Waals surface area contributed by atoms with Crippen molar-refractivity contribution in [2.24, 2.45) is 5.41 Å². The van der Waals surface area contributed by atoms with Crippen LogP contribution in [-0.4, -0.2) is 54.2 Å². The molecule has 1 atom stereocenters. The van der Waals surface area contributed by atoms with Crippen LogP contribution in [0.25, 0.3) is 11.1 Å². The van der Waals surface area contributed by atoms with Crippen molar-refractivity contribution in [3.8, 4) is 11.1 Å². The van der Waals surface area contributed by atoms with Gasteiger partial charge >= 0.3 is 12.1 Å². The van der Waals surface area contributed by atoms with Gasteiger partial charge in [0.2, 0.25) is 5.91 Å². The third-order valence-corrected chi connectivity index (χ3v) is 7.00. The average Bonchev–Trinajstić information content (AvgIpc) is 3.19. The molecule has 7 heteroatoms. The summed E-state index contributed by atoms with van der Waals surface area (Å²) in [5.74, 6) is -0.893. The molecule has 1 aliphatic carbocycles. The number of carbonyl (C=O) groups is 3. The number of nitrogens with one attached hydrogen (secondary N) is 1. The van der Waals surface area contributed by atoms with E-state index in [1.807, 2.05) is 45.0 Å². The maximum atomic E-state index is 13.2. The Morgan fingerprint density at radius 3 is 2.14 bits per heavy atom. The number of aliphatic carboxylic acids is 1. The second-order valence-corrected chi connectivity index (χ2v) is 9.33. The lowest BCUT2D eigenvalue weighted by Gasteiger charge is -2.33. The highest BCUT2D eigenvalue weighted by molar-refractivity contribution is 5.83. The van der Waals surface area contributed by atoms with Gasteiger partial charge in [0.15, 0.2) is 0 Å². The first-order valence-electron chi connectivity index (χ1n) is 12.4. The molecule has 3 rings (SSSR count). The number of carboxylic acid groups (broad SMARTS) is 1. The number of amides is 2. The van der Waals surface area contributed by atoms with E-state index >= 15 is 0 Å². The lowest BCUT2D eigenvalue weighted by atomic mass is 9.85. The van der Waals surface area contributed by atoms with Crippen LogP contribution in [0.2, 0.25) is 0 Å². The van der Waals surface area contributed by atoms with Crippen molar-refractivity contribution in [1.82, 2.24) is 10.2 Å². The normalized spacial score (nSPS) is 13.9. The van der Waals surface area contributed by atoms with E-state index in [1.165, 1.54) is 11.1 Å². The molecule has 2 aromatic carbocycles. The zero-order chi connectivity index (χ0) is 25.4. The van der Waals surface area contributed by atoms with Crippen molar-refractivity contribution in [1.29, 1.82) is 0 Å². The van der Waals surface area contributed by atoms with Gasteiger partial charge in [-0.3, -0.25) is 9.59 Å². The van der Waals surface area contributed by atoms with Crippen LogP contribution in [0.1, 0.15) is 63.5 Å². The molecule has 1 aliphatic rings. The smallest absolute Gasteiger partial charge is 0.407 e. The molecular weight excluding hydrogens is 444 g/mol. The molecule has 0 saturated heterocycles. The first kappa shape index (κ1) is 26.3. The summed E-state index contributed by atoms with van der Waals surface area (Å²) < 4.78 is 5.62. The number of rotatable bonds is 12. The van der Waals surface area contributed by atoms with Crippen molar-refractivity contribution in [2.75, 3.05) is 26.2 Å². The first-order valence-corrected chi connectivity index (χ1v) is 12.4. The minimum Gasteiger partial charge on any atom is -0.481 e. The van der Waals surface area contributed by atoms with Gasteiger partial charge in [-0.1, -0.05) is 55.5 Å². The number of unbranched alkanes of at least 4 members (excludes halogenated alkanes) is 1. The van der Waals surface area contributed by atoms with Crippen molar-refractivity contribution < 1.29 is 24.2 Å². The number of fused-ring (bicyclic) bond motifs is 3. The van der Waals surface area contributed by atoms with E-state index in [0.717, 1.165) is 11.1 Å². The van der Waals surface area contributed by atoms with Gasteiger partial charge < -0.3 is 20.1 Å². The number of carbonyl (C=O) groups excluding carboxylic acids is 2. The highest BCUT2D eigenvalue weighted by Gasteiger charge is 2.35. The molecule has 0 aromatic heterocycles. The summed E-state index contributed by atoms with van der Waals surface area (Å²) in [4.78, 5) is 38.3. The van der Waals surface area contributed by atoms with Gasteiger partial charge in [-0.25, -0.2) is 4.79 Å². The number of benzene rings is 2. The monoisotopic (exact) mass is 480 g/mol. The summed E-state index contributed by atoms with van der Waals surface area (Å²) in [6.07, 6.45) is 1.27. The molecule has 0 fully saturated rings. The molecule has 2 amide bonds. The molecule has 0 spiro atoms. The van der Waals surface area contributed by atoms with Gasteiger partial charge in [0, 0.05) is 32.0 Å². The van der Waals surface area contributed by atoms with Crippen molar-refractivity contribution >= 4 is 18.0 Å². The number of nitrogens with zero attached hydrogens (tertiary/aromatic N) is 1. The van der Waals surface area contributed by atoms with Crippen molar-refractivity contribution in [3.63, 3.8) is 0 Å². The van der Waals surface area contributed by atoms with Crippen LogP contribution in [-0.2, 0) is 14.3 Å². The Hall–Kier alpha value is -3.35. The van der Waals surface area contributed by atoms with Gasteiger partial charge in [-0.2, -0.15) is 0 Å². The van der Waals surface area contributed by atoms with E-state index in [-0.39, 0.29) is 31.4 Å². The topological polar surface area (TPSA) is 95.9 Å². The molecule has 0 bridgehead atoms. The average molecular weight is 481 g/mol. The molecule has 7 nitrogen and oxygen atoms in total. The number of hydrogen-bond donors (Lipinski definition) is 2. The molecule has 0 saturated carbocycles. The van der Waals surface area contributed by atoms with Crippen molar-refractivity contribution in [3.05, 3.63) is 59.7 Å². The van der Waals surface area contributed by atoms with Crippen molar-refractivity contribution in [2.45, 2.75) is 52.4 Å². The van der Waals surface area contributed by atoms with Gasteiger partial charge in [0.05, 0.1) is 5.41 Å². The molecule has 188 valence electrons. The molecule has 35 heavy (non-hydrogen) atoms. The van der Waals surface area contributed by atoms with E-state index in [4.69, 9.17) is 9.84 Å². The lowest BCUT2D eigenvalue weighted by Crippen LogP contribution is -2.48. The standard InChI is InChI=1S/C28H36N2O5/c1-4-28(3,26(33)30(5-2)17-11-10-16-25(31)32)19-29-27(34)35-18-24-22-14-8-6-12-20(22)21-13-7-9-15-23(21)24/h6-9,12-15,24H,4-5,10-11,16-19H2,1-3H3,(H,29,34)(H,31,32). The molecule has 0 radical (unpaired) electrons. The van der Waals surface area contributed by atoms with Gasteiger partial charge in [-0.15, -0.1) is 0 Å². The fourth-order valence-corrected chi connectivity index (χ4v) is 4.63. The maximum absolute atomic E-state index is 13.2. The molecule has 2 N–H and O–H groups in total. The number of alkyl carbamates (subject to hydrolysis) is 1. The first-order chi connectivity index (χ1) is 16.8. The van der Waals surface area contributed by atoms with Crippen LogP contribution in [0, 0.1) is 5.41 Å². The molecule has 2 aromatic rings.